The van der Waals surface area contributed by atoms with Crippen molar-refractivity contribution in [3.8, 4) is 16.2 Å². The molecule has 144 valence electrons. The molecule has 1 aliphatic heterocycles. The van der Waals surface area contributed by atoms with Crippen LogP contribution < -0.4 is 10.1 Å². The zero-order valence-electron chi connectivity index (χ0n) is 14.5. The minimum Gasteiger partial charge on any atom is -0.435 e. The minimum absolute atomic E-state index is 0.0323. The summed E-state index contributed by atoms with van der Waals surface area (Å²) in [4.78, 5) is 29.6. The normalized spacial score (nSPS) is 16.1. The molecule has 0 saturated carbocycles. The molecule has 3 aromatic rings. The number of alkyl halides is 2. The van der Waals surface area contributed by atoms with Crippen LogP contribution in [0.1, 0.15) is 29.4 Å². The van der Waals surface area contributed by atoms with Crippen LogP contribution in [0, 0.1) is 0 Å². The monoisotopic (exact) mass is 403 g/mol. The first kappa shape index (κ1) is 18.3. The lowest BCUT2D eigenvalue weighted by atomic mass is 10.0. The van der Waals surface area contributed by atoms with Crippen molar-refractivity contribution in [1.29, 1.82) is 0 Å². The van der Waals surface area contributed by atoms with Gasteiger partial charge in [-0.15, -0.1) is 0 Å². The molecule has 0 aliphatic carbocycles. The van der Waals surface area contributed by atoms with E-state index in [0.29, 0.717) is 23.7 Å². The number of carbonyl (C=O) groups excluding carboxylic acids is 2. The molecule has 28 heavy (non-hydrogen) atoms. The average Bonchev–Trinajstić information content (AvgIpc) is 3.32. The minimum atomic E-state index is -2.87. The van der Waals surface area contributed by atoms with Gasteiger partial charge < -0.3 is 14.6 Å². The summed E-state index contributed by atoms with van der Waals surface area (Å²) in [5.41, 5.74) is 1.31. The number of halogens is 2. The molecule has 0 bridgehead atoms. The molecule has 1 aromatic carbocycles. The Hall–Kier alpha value is -3.07. The van der Waals surface area contributed by atoms with Crippen molar-refractivity contribution in [2.75, 3.05) is 5.32 Å². The highest BCUT2D eigenvalue weighted by Gasteiger charge is 2.29. The van der Waals surface area contributed by atoms with Gasteiger partial charge in [-0.25, -0.2) is 4.98 Å². The second-order valence-corrected chi connectivity index (χ2v) is 7.23. The number of nitrogens with zero attached hydrogens (tertiary/aromatic N) is 2. The zero-order chi connectivity index (χ0) is 19.7. The van der Waals surface area contributed by atoms with Gasteiger partial charge in [0.1, 0.15) is 11.8 Å². The number of amides is 1. The Morgan fingerprint density at radius 3 is 2.82 bits per heavy atom. The van der Waals surface area contributed by atoms with Gasteiger partial charge in [0.05, 0.1) is 10.6 Å². The fourth-order valence-electron chi connectivity index (χ4n) is 3.15. The van der Waals surface area contributed by atoms with Crippen LogP contribution in [0.4, 0.5) is 13.9 Å². The zero-order valence-corrected chi connectivity index (χ0v) is 15.3. The highest BCUT2D eigenvalue weighted by atomic mass is 32.1. The van der Waals surface area contributed by atoms with E-state index in [1.807, 2.05) is 0 Å². The molecule has 3 heterocycles. The van der Waals surface area contributed by atoms with Gasteiger partial charge in [0.25, 0.3) is 0 Å². The molecule has 2 aromatic heterocycles. The number of aromatic nitrogens is 2. The number of hydrogen-bond acceptors (Lipinski definition) is 5. The van der Waals surface area contributed by atoms with E-state index in [4.69, 9.17) is 0 Å². The number of hydrogen-bond donors (Lipinski definition) is 1. The molecule has 1 amide bonds. The van der Waals surface area contributed by atoms with E-state index in [9.17, 15) is 18.4 Å². The molecule has 9 heteroatoms. The summed E-state index contributed by atoms with van der Waals surface area (Å²) in [7, 11) is 0. The molecular formula is C19H15F2N3O3S. The first-order chi connectivity index (χ1) is 13.5. The van der Waals surface area contributed by atoms with Crippen molar-refractivity contribution in [3.05, 3.63) is 54.5 Å². The van der Waals surface area contributed by atoms with Gasteiger partial charge in [-0.2, -0.15) is 8.78 Å². The summed E-state index contributed by atoms with van der Waals surface area (Å²) >= 11 is 1.27. The Balaban J connectivity index is 1.46. The fourth-order valence-corrected chi connectivity index (χ4v) is 3.97. The average molecular weight is 403 g/mol. The maximum atomic E-state index is 12.7. The summed E-state index contributed by atoms with van der Waals surface area (Å²) in [6.07, 6.45) is 4.11. The molecule has 1 aliphatic rings. The fraction of sp³-hybridized carbons (Fsp3) is 0.211. The van der Waals surface area contributed by atoms with Gasteiger partial charge in [-0.3, -0.25) is 9.59 Å². The molecule has 1 N–H and O–H groups in total. The van der Waals surface area contributed by atoms with Crippen molar-refractivity contribution >= 4 is 28.2 Å². The van der Waals surface area contributed by atoms with Crippen molar-refractivity contribution in [3.63, 3.8) is 0 Å². The number of Topliss-reactive ketones (excluding diaryl/α,β-unsaturated/α-hetero) is 1. The van der Waals surface area contributed by atoms with Gasteiger partial charge in [0, 0.05) is 18.8 Å². The van der Waals surface area contributed by atoms with E-state index in [1.165, 1.54) is 23.5 Å². The Bertz CT molecular complexity index is 1010. The Labute approximate surface area is 162 Å². The van der Waals surface area contributed by atoms with Crippen LogP contribution in [0.15, 0.2) is 48.8 Å². The lowest BCUT2D eigenvalue weighted by Gasteiger charge is -2.24. The van der Waals surface area contributed by atoms with E-state index in [2.05, 4.69) is 15.0 Å². The van der Waals surface area contributed by atoms with Gasteiger partial charge in [-0.1, -0.05) is 11.3 Å². The Kier molecular flexibility index (Phi) is 4.91. The maximum absolute atomic E-state index is 12.7. The SMILES string of the molecule is O=C1CCC(C(=O)Nc2ncc(-c3ccc(OC(F)F)cc3)s2)n2cccc21. The second kappa shape index (κ2) is 7.51. The van der Waals surface area contributed by atoms with E-state index in [-0.39, 0.29) is 17.4 Å². The van der Waals surface area contributed by atoms with Crippen LogP contribution in [0.25, 0.3) is 10.4 Å². The second-order valence-electron chi connectivity index (χ2n) is 6.20. The topological polar surface area (TPSA) is 73.2 Å². The van der Waals surface area contributed by atoms with Gasteiger partial charge in [-0.05, 0) is 48.4 Å². The number of anilines is 1. The number of thiazole rings is 1. The summed E-state index contributed by atoms with van der Waals surface area (Å²) in [6, 6.07) is 9.21. The van der Waals surface area contributed by atoms with Crippen molar-refractivity contribution < 1.29 is 23.1 Å². The molecule has 1 atom stereocenters. The largest absolute Gasteiger partial charge is 0.435 e. The first-order valence-corrected chi connectivity index (χ1v) is 9.35. The van der Waals surface area contributed by atoms with Gasteiger partial charge in [0.2, 0.25) is 5.91 Å². The third kappa shape index (κ3) is 3.65. The van der Waals surface area contributed by atoms with Crippen molar-refractivity contribution in [1.82, 2.24) is 9.55 Å². The number of ether oxygens (including phenoxy) is 1. The van der Waals surface area contributed by atoms with Crippen molar-refractivity contribution in [2.24, 2.45) is 0 Å². The highest BCUT2D eigenvalue weighted by Crippen LogP contribution is 2.32. The van der Waals surface area contributed by atoms with E-state index in [0.717, 1.165) is 10.4 Å². The van der Waals surface area contributed by atoms with Gasteiger partial charge >= 0.3 is 6.61 Å². The predicted molar refractivity (Wildman–Crippen MR) is 99.8 cm³/mol. The first-order valence-electron chi connectivity index (χ1n) is 8.53. The summed E-state index contributed by atoms with van der Waals surface area (Å²) < 4.78 is 30.5. The molecular weight excluding hydrogens is 388 g/mol. The lowest BCUT2D eigenvalue weighted by molar-refractivity contribution is -0.119. The summed E-state index contributed by atoms with van der Waals surface area (Å²) in [5.74, 6) is -0.123. The summed E-state index contributed by atoms with van der Waals surface area (Å²) in [6.45, 7) is -2.87. The van der Waals surface area contributed by atoms with Crippen LogP contribution in [-0.4, -0.2) is 27.9 Å². The number of carbonyl (C=O) groups is 2. The molecule has 0 saturated heterocycles. The molecule has 4 rings (SSSR count). The molecule has 0 radical (unpaired) electrons. The Morgan fingerprint density at radius 1 is 1.29 bits per heavy atom. The van der Waals surface area contributed by atoms with Crippen LogP contribution >= 0.6 is 11.3 Å². The number of ketones is 1. The number of benzene rings is 1. The third-order valence-corrected chi connectivity index (χ3v) is 5.41. The molecule has 1 unspecified atom stereocenters. The smallest absolute Gasteiger partial charge is 0.387 e. The molecule has 0 spiro atoms. The van der Waals surface area contributed by atoms with E-state index < -0.39 is 12.7 Å². The number of rotatable bonds is 5. The Morgan fingerprint density at radius 2 is 2.07 bits per heavy atom. The quantitative estimate of drug-likeness (QED) is 0.687. The molecule has 6 nitrogen and oxygen atoms in total. The number of nitrogens with one attached hydrogen (secondary N) is 1. The third-order valence-electron chi connectivity index (χ3n) is 4.45. The number of fused-ring (bicyclic) bond motifs is 1. The van der Waals surface area contributed by atoms with E-state index in [1.54, 1.807) is 41.2 Å². The van der Waals surface area contributed by atoms with Crippen molar-refractivity contribution in [2.45, 2.75) is 25.5 Å². The van der Waals surface area contributed by atoms with Crippen LogP contribution in [0.5, 0.6) is 5.75 Å². The van der Waals surface area contributed by atoms with Crippen LogP contribution in [0.3, 0.4) is 0 Å². The standard InChI is InChI=1S/C19H15F2N3O3S/c20-18(21)27-12-5-3-11(4-6-12)16-10-22-19(28-16)23-17(26)14-7-8-15(25)13-2-1-9-24(13)14/h1-6,9-10,14,18H,7-8H2,(H,22,23,26). The summed E-state index contributed by atoms with van der Waals surface area (Å²) in [5, 5.41) is 3.23. The predicted octanol–water partition coefficient (Wildman–Crippen LogP) is 4.37. The lowest BCUT2D eigenvalue weighted by Crippen LogP contribution is -2.31. The van der Waals surface area contributed by atoms with Crippen LogP contribution in [0.2, 0.25) is 0 Å². The van der Waals surface area contributed by atoms with E-state index >= 15 is 0 Å². The molecule has 0 fully saturated rings. The maximum Gasteiger partial charge on any atom is 0.387 e. The van der Waals surface area contributed by atoms with Crippen LogP contribution in [-0.2, 0) is 4.79 Å². The highest BCUT2D eigenvalue weighted by molar-refractivity contribution is 7.19. The van der Waals surface area contributed by atoms with Gasteiger partial charge in [0.15, 0.2) is 10.9 Å².